The Morgan fingerprint density at radius 2 is 1.92 bits per heavy atom. The van der Waals surface area contributed by atoms with Crippen molar-refractivity contribution in [3.05, 3.63) is 17.7 Å². The van der Waals surface area contributed by atoms with Crippen molar-refractivity contribution in [1.82, 2.24) is 19.8 Å². The van der Waals surface area contributed by atoms with Gasteiger partial charge in [-0.15, -0.1) is 24.8 Å². The Morgan fingerprint density at radius 3 is 2.60 bits per heavy atom. The van der Waals surface area contributed by atoms with Crippen molar-refractivity contribution in [2.45, 2.75) is 50.8 Å². The molecule has 4 rings (SSSR count). The molecule has 1 amide bonds. The summed E-state index contributed by atoms with van der Waals surface area (Å²) < 4.78 is 2.11. The average Bonchev–Trinajstić information content (AvgIpc) is 3.14. The van der Waals surface area contributed by atoms with Gasteiger partial charge >= 0.3 is 0 Å². The smallest absolute Gasteiger partial charge is 0.274 e. The third-order valence-corrected chi connectivity index (χ3v) is 5.97. The fourth-order valence-electron chi connectivity index (χ4n) is 4.69. The predicted octanol–water partition coefficient (Wildman–Crippen LogP) is 1.49. The maximum Gasteiger partial charge on any atom is 0.274 e. The van der Waals surface area contributed by atoms with Gasteiger partial charge in [0.05, 0.1) is 6.10 Å². The third-order valence-electron chi connectivity index (χ3n) is 5.97. The first-order valence-corrected chi connectivity index (χ1v) is 8.84. The van der Waals surface area contributed by atoms with E-state index in [1.54, 1.807) is 0 Å². The molecule has 2 aliphatic carbocycles. The highest BCUT2D eigenvalue weighted by molar-refractivity contribution is 5.92. The number of aromatic nitrogens is 2. The van der Waals surface area contributed by atoms with E-state index in [-0.39, 0.29) is 36.8 Å². The van der Waals surface area contributed by atoms with E-state index in [1.165, 1.54) is 0 Å². The van der Waals surface area contributed by atoms with Gasteiger partial charge in [0.25, 0.3) is 5.91 Å². The summed E-state index contributed by atoms with van der Waals surface area (Å²) in [5.74, 6) is 2.24. The van der Waals surface area contributed by atoms with Crippen molar-refractivity contribution < 1.29 is 9.90 Å². The van der Waals surface area contributed by atoms with Crippen molar-refractivity contribution in [2.75, 3.05) is 20.1 Å². The fourth-order valence-corrected chi connectivity index (χ4v) is 4.69. The second-order valence-electron chi connectivity index (χ2n) is 7.42. The van der Waals surface area contributed by atoms with E-state index in [4.69, 9.17) is 0 Å². The van der Waals surface area contributed by atoms with Gasteiger partial charge in [-0.25, -0.2) is 4.98 Å². The molecule has 1 aliphatic heterocycles. The Labute approximate surface area is 161 Å². The molecule has 0 aromatic carbocycles. The average molecular weight is 391 g/mol. The summed E-state index contributed by atoms with van der Waals surface area (Å²) in [6.45, 7) is 2.74. The molecule has 2 unspecified atom stereocenters. The van der Waals surface area contributed by atoms with Crippen LogP contribution in [-0.2, 0) is 13.0 Å². The summed E-state index contributed by atoms with van der Waals surface area (Å²) in [5, 5.41) is 13.1. The lowest BCUT2D eigenvalue weighted by atomic mass is 10.0. The van der Waals surface area contributed by atoms with Crippen molar-refractivity contribution in [3.63, 3.8) is 0 Å². The summed E-state index contributed by atoms with van der Waals surface area (Å²) in [7, 11) is 1.91. The summed E-state index contributed by atoms with van der Waals surface area (Å²) in [6, 6.07) is 0.299. The van der Waals surface area contributed by atoms with Gasteiger partial charge in [0.2, 0.25) is 0 Å². The van der Waals surface area contributed by atoms with Gasteiger partial charge in [-0.05, 0) is 37.5 Å². The predicted molar refractivity (Wildman–Crippen MR) is 101 cm³/mol. The molecule has 2 saturated carbocycles. The first-order chi connectivity index (χ1) is 11.1. The SMILES string of the molecule is CN(C(=O)c1cn2c(n1)CCNCC2)C1C[C@H]2CC(O)C[C@H]2C1.Cl.Cl. The van der Waals surface area contributed by atoms with Crippen LogP contribution in [-0.4, -0.2) is 57.7 Å². The van der Waals surface area contributed by atoms with Gasteiger partial charge in [0, 0.05) is 45.3 Å². The molecule has 0 spiro atoms. The van der Waals surface area contributed by atoms with Crippen LogP contribution in [0.25, 0.3) is 0 Å². The zero-order valence-electron chi connectivity index (χ0n) is 14.6. The summed E-state index contributed by atoms with van der Waals surface area (Å²) >= 11 is 0. The monoisotopic (exact) mass is 390 g/mol. The molecule has 8 heteroatoms. The van der Waals surface area contributed by atoms with Crippen molar-refractivity contribution in [3.8, 4) is 0 Å². The van der Waals surface area contributed by atoms with E-state index < -0.39 is 0 Å². The molecule has 6 nitrogen and oxygen atoms in total. The van der Waals surface area contributed by atoms with Gasteiger partial charge in [0.15, 0.2) is 0 Å². The van der Waals surface area contributed by atoms with Crippen LogP contribution in [0.3, 0.4) is 0 Å². The molecule has 1 aromatic rings. The van der Waals surface area contributed by atoms with Crippen molar-refractivity contribution >= 4 is 30.7 Å². The van der Waals surface area contributed by atoms with Gasteiger partial charge in [0.1, 0.15) is 11.5 Å². The number of aliphatic hydroxyl groups is 1. The number of aliphatic hydroxyl groups excluding tert-OH is 1. The van der Waals surface area contributed by atoms with E-state index in [2.05, 4.69) is 14.9 Å². The standard InChI is InChI=1S/C17H26N4O2.2ClH/c1-20(13-6-11-8-14(22)9-12(11)7-13)17(23)15-10-21-5-4-18-3-2-16(21)19-15;;/h10-14,18,22H,2-9H2,1H3;2*1H/t11-,12+,13?,14?;;. The van der Waals surface area contributed by atoms with Crippen LogP contribution in [0.2, 0.25) is 0 Å². The van der Waals surface area contributed by atoms with Crippen LogP contribution in [0, 0.1) is 11.8 Å². The topological polar surface area (TPSA) is 70.4 Å². The minimum Gasteiger partial charge on any atom is -0.393 e. The molecular formula is C17H28Cl2N4O2. The van der Waals surface area contributed by atoms with Gasteiger partial charge in [-0.3, -0.25) is 4.79 Å². The van der Waals surface area contributed by atoms with Crippen LogP contribution < -0.4 is 5.32 Å². The van der Waals surface area contributed by atoms with Gasteiger partial charge < -0.3 is 19.9 Å². The molecule has 2 fully saturated rings. The quantitative estimate of drug-likeness (QED) is 0.802. The Hall–Kier alpha value is -0.820. The first-order valence-electron chi connectivity index (χ1n) is 8.84. The van der Waals surface area contributed by atoms with Crippen LogP contribution in [0.1, 0.15) is 42.0 Å². The van der Waals surface area contributed by atoms with Crippen LogP contribution in [0.15, 0.2) is 6.20 Å². The van der Waals surface area contributed by atoms with Crippen molar-refractivity contribution in [2.24, 2.45) is 11.8 Å². The van der Waals surface area contributed by atoms with Gasteiger partial charge in [-0.2, -0.15) is 0 Å². The lowest BCUT2D eigenvalue weighted by Crippen LogP contribution is -2.36. The molecule has 0 saturated heterocycles. The molecule has 3 aliphatic rings. The lowest BCUT2D eigenvalue weighted by molar-refractivity contribution is 0.0716. The second kappa shape index (κ2) is 8.25. The molecular weight excluding hydrogens is 363 g/mol. The van der Waals surface area contributed by atoms with E-state index in [1.807, 2.05) is 18.1 Å². The Balaban J connectivity index is 0.00000113. The maximum atomic E-state index is 12.8. The molecule has 2 N–H and O–H groups in total. The minimum atomic E-state index is -0.121. The van der Waals surface area contributed by atoms with E-state index in [9.17, 15) is 9.90 Å². The number of carbonyl (C=O) groups is 1. The molecule has 1 aromatic heterocycles. The molecule has 142 valence electrons. The zero-order chi connectivity index (χ0) is 16.0. The largest absolute Gasteiger partial charge is 0.393 e. The number of hydrogen-bond donors (Lipinski definition) is 2. The number of carbonyl (C=O) groups excluding carboxylic acids is 1. The lowest BCUT2D eigenvalue weighted by Gasteiger charge is -2.24. The first kappa shape index (κ1) is 20.5. The molecule has 4 atom stereocenters. The Kier molecular flexibility index (Phi) is 6.76. The Bertz CT molecular complexity index is 572. The third kappa shape index (κ3) is 3.97. The maximum absolute atomic E-state index is 12.8. The zero-order valence-corrected chi connectivity index (χ0v) is 16.2. The minimum absolute atomic E-state index is 0. The summed E-state index contributed by atoms with van der Waals surface area (Å²) in [5.41, 5.74) is 0.585. The molecule has 0 radical (unpaired) electrons. The molecule has 0 bridgehead atoms. The summed E-state index contributed by atoms with van der Waals surface area (Å²) in [6.07, 6.45) is 6.56. The number of rotatable bonds is 2. The van der Waals surface area contributed by atoms with E-state index in [0.717, 1.165) is 57.6 Å². The number of nitrogens with one attached hydrogen (secondary N) is 1. The number of imidazole rings is 1. The van der Waals surface area contributed by atoms with Crippen molar-refractivity contribution in [1.29, 1.82) is 0 Å². The number of halogens is 2. The number of nitrogens with zero attached hydrogens (tertiary/aromatic N) is 3. The van der Waals surface area contributed by atoms with Crippen LogP contribution >= 0.6 is 24.8 Å². The highest BCUT2D eigenvalue weighted by Crippen LogP contribution is 2.45. The Morgan fingerprint density at radius 1 is 1.24 bits per heavy atom. The number of hydrogen-bond acceptors (Lipinski definition) is 4. The highest BCUT2D eigenvalue weighted by Gasteiger charge is 2.43. The number of amides is 1. The van der Waals surface area contributed by atoms with Crippen LogP contribution in [0.5, 0.6) is 0 Å². The molecule has 2 heterocycles. The fraction of sp³-hybridized carbons (Fsp3) is 0.765. The van der Waals surface area contributed by atoms with Gasteiger partial charge in [-0.1, -0.05) is 0 Å². The van der Waals surface area contributed by atoms with E-state index >= 15 is 0 Å². The van der Waals surface area contributed by atoms with Crippen LogP contribution in [0.4, 0.5) is 0 Å². The normalized spacial score (nSPS) is 30.5. The second-order valence-corrected chi connectivity index (χ2v) is 7.42. The number of fused-ring (bicyclic) bond motifs is 2. The van der Waals surface area contributed by atoms with E-state index in [0.29, 0.717) is 23.6 Å². The molecule has 25 heavy (non-hydrogen) atoms. The summed E-state index contributed by atoms with van der Waals surface area (Å²) in [4.78, 5) is 19.3. The highest BCUT2D eigenvalue weighted by atomic mass is 35.5.